The maximum absolute atomic E-state index is 11.8. The van der Waals surface area contributed by atoms with Crippen molar-refractivity contribution in [1.82, 2.24) is 5.32 Å². The lowest BCUT2D eigenvalue weighted by Gasteiger charge is -2.09. The van der Waals surface area contributed by atoms with Gasteiger partial charge in [0.25, 0.3) is 5.91 Å². The molecule has 2 aromatic rings. The highest BCUT2D eigenvalue weighted by Gasteiger charge is 2.04. The maximum Gasteiger partial charge on any atom is 0.251 e. The predicted octanol–water partition coefficient (Wildman–Crippen LogP) is 1.78. The molecule has 4 N–H and O–H groups in total. The third-order valence-electron chi connectivity index (χ3n) is 2.69. The van der Waals surface area contributed by atoms with Crippen LogP contribution < -0.4 is 15.8 Å². The predicted molar refractivity (Wildman–Crippen MR) is 76.8 cm³/mol. The van der Waals surface area contributed by atoms with Crippen LogP contribution in [0, 0.1) is 0 Å². The minimum atomic E-state index is -0.213. The number of phenols is 1. The minimum absolute atomic E-state index is 0.129. The molecule has 0 unspecified atom stereocenters. The average molecular weight is 272 g/mol. The zero-order valence-corrected chi connectivity index (χ0v) is 10.9. The Hall–Kier alpha value is -2.69. The van der Waals surface area contributed by atoms with Crippen LogP contribution in [0.5, 0.6) is 11.5 Å². The number of nitrogen functional groups attached to an aromatic ring is 1. The second-order valence-corrected chi connectivity index (χ2v) is 4.19. The Balaban J connectivity index is 1.77. The van der Waals surface area contributed by atoms with Crippen LogP contribution in [0.25, 0.3) is 0 Å². The fourth-order valence-electron chi connectivity index (χ4n) is 1.65. The van der Waals surface area contributed by atoms with E-state index in [4.69, 9.17) is 15.6 Å². The molecular formula is C15H16N2O3. The Labute approximate surface area is 117 Å². The number of rotatable bonds is 5. The molecule has 0 fully saturated rings. The molecule has 0 aliphatic carbocycles. The quantitative estimate of drug-likeness (QED) is 0.572. The van der Waals surface area contributed by atoms with Gasteiger partial charge in [0, 0.05) is 5.56 Å². The number of benzene rings is 2. The van der Waals surface area contributed by atoms with Crippen molar-refractivity contribution in [3.8, 4) is 11.5 Å². The number of carbonyl (C=O) groups is 1. The Morgan fingerprint density at radius 1 is 1.15 bits per heavy atom. The van der Waals surface area contributed by atoms with Crippen molar-refractivity contribution in [3.63, 3.8) is 0 Å². The summed E-state index contributed by atoms with van der Waals surface area (Å²) in [6, 6.07) is 13.2. The maximum atomic E-state index is 11.8. The van der Waals surface area contributed by atoms with Gasteiger partial charge in [-0.2, -0.15) is 0 Å². The molecule has 0 heterocycles. The Kier molecular flexibility index (Phi) is 4.44. The summed E-state index contributed by atoms with van der Waals surface area (Å²) in [5.41, 5.74) is 6.79. The third kappa shape index (κ3) is 3.65. The first kappa shape index (κ1) is 13.7. The number of amides is 1. The first-order valence-electron chi connectivity index (χ1n) is 6.21. The molecule has 5 heteroatoms. The molecule has 0 saturated carbocycles. The molecule has 0 bridgehead atoms. The Morgan fingerprint density at radius 3 is 2.55 bits per heavy atom. The largest absolute Gasteiger partial charge is 0.508 e. The van der Waals surface area contributed by atoms with Gasteiger partial charge >= 0.3 is 0 Å². The summed E-state index contributed by atoms with van der Waals surface area (Å²) in [6.07, 6.45) is 0. The number of carbonyl (C=O) groups excluding carboxylic acids is 1. The second-order valence-electron chi connectivity index (χ2n) is 4.19. The monoisotopic (exact) mass is 272 g/mol. The van der Waals surface area contributed by atoms with Gasteiger partial charge in [0.15, 0.2) is 0 Å². The van der Waals surface area contributed by atoms with Crippen molar-refractivity contribution in [2.45, 2.75) is 0 Å². The lowest BCUT2D eigenvalue weighted by atomic mass is 10.2. The standard InChI is InChI=1S/C15H16N2O3/c16-13-3-1-2-4-14(13)20-10-9-17-15(19)11-5-7-12(18)8-6-11/h1-8,18H,9-10,16H2,(H,17,19). The van der Waals surface area contributed by atoms with E-state index < -0.39 is 0 Å². The third-order valence-corrected chi connectivity index (χ3v) is 2.69. The van der Waals surface area contributed by atoms with Crippen molar-refractivity contribution >= 4 is 11.6 Å². The summed E-state index contributed by atoms with van der Waals surface area (Å²) in [5, 5.41) is 11.9. The number of anilines is 1. The highest BCUT2D eigenvalue weighted by Crippen LogP contribution is 2.19. The van der Waals surface area contributed by atoms with Gasteiger partial charge in [-0.15, -0.1) is 0 Å². The molecule has 0 aliphatic heterocycles. The number of aromatic hydroxyl groups is 1. The van der Waals surface area contributed by atoms with E-state index in [1.165, 1.54) is 12.1 Å². The zero-order chi connectivity index (χ0) is 14.4. The van der Waals surface area contributed by atoms with Gasteiger partial charge in [-0.1, -0.05) is 12.1 Å². The van der Waals surface area contributed by atoms with E-state index in [-0.39, 0.29) is 11.7 Å². The summed E-state index contributed by atoms with van der Waals surface area (Å²) in [6.45, 7) is 0.700. The number of para-hydroxylation sites is 2. The van der Waals surface area contributed by atoms with Gasteiger partial charge < -0.3 is 20.9 Å². The van der Waals surface area contributed by atoms with Gasteiger partial charge in [-0.05, 0) is 36.4 Å². The Morgan fingerprint density at radius 2 is 1.85 bits per heavy atom. The van der Waals surface area contributed by atoms with E-state index in [1.807, 2.05) is 12.1 Å². The van der Waals surface area contributed by atoms with E-state index in [9.17, 15) is 4.79 Å². The van der Waals surface area contributed by atoms with Crippen molar-refractivity contribution in [2.75, 3.05) is 18.9 Å². The van der Waals surface area contributed by atoms with E-state index in [0.29, 0.717) is 30.2 Å². The topological polar surface area (TPSA) is 84.6 Å². The normalized spacial score (nSPS) is 10.0. The summed E-state index contributed by atoms with van der Waals surface area (Å²) in [7, 11) is 0. The number of nitrogens with two attached hydrogens (primary N) is 1. The molecule has 5 nitrogen and oxygen atoms in total. The van der Waals surface area contributed by atoms with Crippen LogP contribution in [-0.2, 0) is 0 Å². The van der Waals surface area contributed by atoms with Crippen LogP contribution >= 0.6 is 0 Å². The Bertz CT molecular complexity index is 582. The van der Waals surface area contributed by atoms with Gasteiger partial charge in [-0.25, -0.2) is 0 Å². The number of phenolic OH excluding ortho intramolecular Hbond substituents is 1. The zero-order valence-electron chi connectivity index (χ0n) is 10.9. The van der Waals surface area contributed by atoms with Crippen molar-refractivity contribution < 1.29 is 14.6 Å². The molecule has 20 heavy (non-hydrogen) atoms. The van der Waals surface area contributed by atoms with Gasteiger partial charge in [0.2, 0.25) is 0 Å². The molecule has 1 amide bonds. The summed E-state index contributed by atoms with van der Waals surface area (Å²) >= 11 is 0. The summed E-state index contributed by atoms with van der Waals surface area (Å²) in [5.74, 6) is 0.519. The molecule has 0 radical (unpaired) electrons. The fraction of sp³-hybridized carbons (Fsp3) is 0.133. The van der Waals surface area contributed by atoms with Crippen LogP contribution in [0.3, 0.4) is 0 Å². The number of nitrogens with one attached hydrogen (secondary N) is 1. The molecule has 0 aliphatic rings. The fourth-order valence-corrected chi connectivity index (χ4v) is 1.65. The van der Waals surface area contributed by atoms with Crippen LogP contribution in [0.1, 0.15) is 10.4 Å². The number of ether oxygens (including phenoxy) is 1. The van der Waals surface area contributed by atoms with Crippen molar-refractivity contribution in [1.29, 1.82) is 0 Å². The smallest absolute Gasteiger partial charge is 0.251 e. The van der Waals surface area contributed by atoms with E-state index in [1.54, 1.807) is 24.3 Å². The SMILES string of the molecule is Nc1ccccc1OCCNC(=O)c1ccc(O)cc1. The second kappa shape index (κ2) is 6.47. The summed E-state index contributed by atoms with van der Waals surface area (Å²) < 4.78 is 5.46. The van der Waals surface area contributed by atoms with Crippen molar-refractivity contribution in [2.24, 2.45) is 0 Å². The van der Waals surface area contributed by atoms with Gasteiger partial charge in [-0.3, -0.25) is 4.79 Å². The molecule has 0 aromatic heterocycles. The highest BCUT2D eigenvalue weighted by molar-refractivity contribution is 5.94. The van der Waals surface area contributed by atoms with Gasteiger partial charge in [0.1, 0.15) is 18.1 Å². The molecule has 2 aromatic carbocycles. The first-order chi connectivity index (χ1) is 9.66. The van der Waals surface area contributed by atoms with Gasteiger partial charge in [0.05, 0.1) is 12.2 Å². The van der Waals surface area contributed by atoms with Crippen LogP contribution in [0.2, 0.25) is 0 Å². The minimum Gasteiger partial charge on any atom is -0.508 e. The molecule has 0 atom stereocenters. The number of hydrogen-bond acceptors (Lipinski definition) is 4. The lowest BCUT2D eigenvalue weighted by Crippen LogP contribution is -2.28. The molecule has 0 spiro atoms. The lowest BCUT2D eigenvalue weighted by molar-refractivity contribution is 0.0947. The van der Waals surface area contributed by atoms with E-state index >= 15 is 0 Å². The molecule has 0 saturated heterocycles. The molecular weight excluding hydrogens is 256 g/mol. The first-order valence-corrected chi connectivity index (χ1v) is 6.21. The van der Waals surface area contributed by atoms with Crippen LogP contribution in [0.4, 0.5) is 5.69 Å². The average Bonchev–Trinajstić information content (AvgIpc) is 2.46. The molecule has 2 rings (SSSR count). The summed E-state index contributed by atoms with van der Waals surface area (Å²) in [4.78, 5) is 11.8. The highest BCUT2D eigenvalue weighted by atomic mass is 16.5. The van der Waals surface area contributed by atoms with E-state index in [2.05, 4.69) is 5.32 Å². The van der Waals surface area contributed by atoms with E-state index in [0.717, 1.165) is 0 Å². The number of hydrogen-bond donors (Lipinski definition) is 3. The van der Waals surface area contributed by atoms with Crippen LogP contribution in [0.15, 0.2) is 48.5 Å². The van der Waals surface area contributed by atoms with Crippen LogP contribution in [-0.4, -0.2) is 24.2 Å². The molecule has 104 valence electrons. The van der Waals surface area contributed by atoms with Crippen molar-refractivity contribution in [3.05, 3.63) is 54.1 Å².